The van der Waals surface area contributed by atoms with Crippen molar-refractivity contribution >= 4 is 16.9 Å². The number of hydrogen-bond donors (Lipinski definition) is 1. The molecule has 1 aromatic heterocycles. The second-order valence-electron chi connectivity index (χ2n) is 5.00. The Morgan fingerprint density at radius 1 is 1.47 bits per heavy atom. The highest BCUT2D eigenvalue weighted by Gasteiger charge is 2.21. The third-order valence-electron chi connectivity index (χ3n) is 2.84. The second kappa shape index (κ2) is 4.30. The minimum atomic E-state index is -0.173. The average molecular weight is 232 g/mol. The van der Waals surface area contributed by atoms with Gasteiger partial charge in [0.05, 0.1) is 0 Å². The number of hydrogen-bond acceptors (Lipinski definition) is 4. The lowest BCUT2D eigenvalue weighted by Gasteiger charge is -2.20. The molecule has 17 heavy (non-hydrogen) atoms. The number of rotatable bonds is 4. The van der Waals surface area contributed by atoms with Crippen molar-refractivity contribution < 1.29 is 9.21 Å². The molecule has 0 aliphatic heterocycles. The fraction of sp³-hybridized carbons (Fsp3) is 0.385. The average Bonchev–Trinajstić information content (AvgIpc) is 2.75. The van der Waals surface area contributed by atoms with Crippen LogP contribution in [0.5, 0.6) is 0 Å². The van der Waals surface area contributed by atoms with E-state index in [9.17, 15) is 4.79 Å². The third kappa shape index (κ3) is 2.53. The van der Waals surface area contributed by atoms with Crippen molar-refractivity contribution in [3.8, 4) is 0 Å². The number of oxazole rings is 1. The van der Waals surface area contributed by atoms with Crippen LogP contribution in [0.4, 0.5) is 0 Å². The van der Waals surface area contributed by atoms with Gasteiger partial charge in [0.1, 0.15) is 5.52 Å². The zero-order valence-electron chi connectivity index (χ0n) is 10.1. The van der Waals surface area contributed by atoms with E-state index in [1.807, 2.05) is 13.8 Å². The van der Waals surface area contributed by atoms with Gasteiger partial charge < -0.3 is 10.2 Å². The molecular formula is C13H16N2O2. The van der Waals surface area contributed by atoms with E-state index in [0.29, 0.717) is 24.1 Å². The van der Waals surface area contributed by atoms with Gasteiger partial charge in [-0.15, -0.1) is 0 Å². The van der Waals surface area contributed by atoms with Crippen molar-refractivity contribution in [2.45, 2.75) is 20.3 Å². The molecule has 0 unspecified atom stereocenters. The predicted octanol–water partition coefficient (Wildman–Crippen LogP) is 2.39. The zero-order valence-corrected chi connectivity index (χ0v) is 10.1. The Morgan fingerprint density at radius 2 is 2.24 bits per heavy atom. The quantitative estimate of drug-likeness (QED) is 0.822. The summed E-state index contributed by atoms with van der Waals surface area (Å²) in [5.41, 5.74) is 7.51. The smallest absolute Gasteiger partial charge is 0.181 e. The Hall–Kier alpha value is -1.68. The number of nitrogens with two attached hydrogens (primary N) is 1. The lowest BCUT2D eigenvalue weighted by atomic mass is 9.86. The minimum Gasteiger partial charge on any atom is -0.443 e. The summed E-state index contributed by atoms with van der Waals surface area (Å²) in [6.45, 7) is 4.46. The van der Waals surface area contributed by atoms with Crippen molar-refractivity contribution in [3.63, 3.8) is 0 Å². The molecule has 1 heterocycles. The van der Waals surface area contributed by atoms with E-state index >= 15 is 0 Å². The van der Waals surface area contributed by atoms with Gasteiger partial charge in [-0.25, -0.2) is 4.98 Å². The molecule has 2 aromatic rings. The molecule has 0 aliphatic carbocycles. The van der Waals surface area contributed by atoms with Crippen LogP contribution < -0.4 is 5.73 Å². The van der Waals surface area contributed by atoms with Crippen LogP contribution in [0.25, 0.3) is 11.1 Å². The van der Waals surface area contributed by atoms with E-state index in [1.54, 1.807) is 18.2 Å². The summed E-state index contributed by atoms with van der Waals surface area (Å²) >= 11 is 0. The van der Waals surface area contributed by atoms with Gasteiger partial charge >= 0.3 is 0 Å². The summed E-state index contributed by atoms with van der Waals surface area (Å²) in [5, 5.41) is 0. The van der Waals surface area contributed by atoms with Crippen LogP contribution in [0.1, 0.15) is 30.6 Å². The molecule has 0 aliphatic rings. The normalized spacial score (nSPS) is 11.9. The van der Waals surface area contributed by atoms with E-state index < -0.39 is 0 Å². The number of ketones is 1. The van der Waals surface area contributed by atoms with Crippen LogP contribution >= 0.6 is 0 Å². The maximum absolute atomic E-state index is 12.1. The standard InChI is InChI=1S/C13H16N2O2/c1-13(2,7-14)6-11(16)9-3-4-10-12(5-9)17-8-15-10/h3-5,8H,6-7,14H2,1-2H3. The van der Waals surface area contributed by atoms with Crippen LogP contribution in [-0.4, -0.2) is 17.3 Å². The molecule has 2 N–H and O–H groups in total. The fourth-order valence-corrected chi connectivity index (χ4v) is 1.64. The van der Waals surface area contributed by atoms with Crippen LogP contribution in [0.15, 0.2) is 29.0 Å². The highest BCUT2D eigenvalue weighted by molar-refractivity contribution is 5.98. The molecule has 0 atom stereocenters. The zero-order chi connectivity index (χ0) is 12.5. The van der Waals surface area contributed by atoms with Crippen molar-refractivity contribution in [2.24, 2.45) is 11.1 Å². The summed E-state index contributed by atoms with van der Waals surface area (Å²) in [5.74, 6) is 0.0822. The summed E-state index contributed by atoms with van der Waals surface area (Å²) in [4.78, 5) is 16.1. The number of Topliss-reactive ketones (excluding diaryl/α,β-unsaturated/α-hetero) is 1. The lowest BCUT2D eigenvalue weighted by molar-refractivity contribution is 0.0935. The molecule has 2 rings (SSSR count). The SMILES string of the molecule is CC(C)(CN)CC(=O)c1ccc2ncoc2c1. The van der Waals surface area contributed by atoms with Crippen molar-refractivity contribution in [2.75, 3.05) is 6.54 Å². The topological polar surface area (TPSA) is 69.1 Å². The number of nitrogens with zero attached hydrogens (tertiary/aromatic N) is 1. The first kappa shape index (κ1) is 11.8. The summed E-state index contributed by atoms with van der Waals surface area (Å²) in [7, 11) is 0. The van der Waals surface area contributed by atoms with Crippen molar-refractivity contribution in [1.82, 2.24) is 4.98 Å². The van der Waals surface area contributed by atoms with E-state index in [4.69, 9.17) is 10.2 Å². The van der Waals surface area contributed by atoms with Crippen LogP contribution in [0.2, 0.25) is 0 Å². The minimum absolute atomic E-state index is 0.0822. The van der Waals surface area contributed by atoms with Crippen LogP contribution in [0, 0.1) is 5.41 Å². The van der Waals surface area contributed by atoms with Gasteiger partial charge in [0.15, 0.2) is 17.8 Å². The first-order chi connectivity index (χ1) is 8.02. The first-order valence-electron chi connectivity index (χ1n) is 5.58. The van der Waals surface area contributed by atoms with E-state index in [1.165, 1.54) is 6.39 Å². The van der Waals surface area contributed by atoms with Crippen molar-refractivity contribution in [3.05, 3.63) is 30.2 Å². The summed E-state index contributed by atoms with van der Waals surface area (Å²) < 4.78 is 5.18. The molecule has 0 spiro atoms. The Kier molecular flexibility index (Phi) is 2.98. The lowest BCUT2D eigenvalue weighted by Crippen LogP contribution is -2.26. The number of carbonyl (C=O) groups is 1. The number of aromatic nitrogens is 1. The van der Waals surface area contributed by atoms with Gasteiger partial charge in [-0.2, -0.15) is 0 Å². The van der Waals surface area contributed by atoms with E-state index in [0.717, 1.165) is 5.52 Å². The Labute approximate surface area is 99.8 Å². The molecule has 4 nitrogen and oxygen atoms in total. The van der Waals surface area contributed by atoms with Gasteiger partial charge in [-0.1, -0.05) is 13.8 Å². The fourth-order valence-electron chi connectivity index (χ4n) is 1.64. The molecule has 0 fully saturated rings. The summed E-state index contributed by atoms with van der Waals surface area (Å²) in [6, 6.07) is 5.30. The third-order valence-corrected chi connectivity index (χ3v) is 2.84. The van der Waals surface area contributed by atoms with Gasteiger partial charge in [0.2, 0.25) is 0 Å². The van der Waals surface area contributed by atoms with E-state index in [-0.39, 0.29) is 11.2 Å². The van der Waals surface area contributed by atoms with Crippen LogP contribution in [-0.2, 0) is 0 Å². The van der Waals surface area contributed by atoms with Crippen LogP contribution in [0.3, 0.4) is 0 Å². The number of carbonyl (C=O) groups excluding carboxylic acids is 1. The molecular weight excluding hydrogens is 216 g/mol. The molecule has 0 bridgehead atoms. The molecule has 90 valence electrons. The highest BCUT2D eigenvalue weighted by Crippen LogP contribution is 2.23. The monoisotopic (exact) mass is 232 g/mol. The van der Waals surface area contributed by atoms with Gasteiger partial charge in [-0.05, 0) is 30.2 Å². The molecule has 0 radical (unpaired) electrons. The maximum atomic E-state index is 12.1. The van der Waals surface area contributed by atoms with E-state index in [2.05, 4.69) is 4.98 Å². The molecule has 0 saturated carbocycles. The Bertz CT molecular complexity index is 543. The number of benzene rings is 1. The number of fused-ring (bicyclic) bond motifs is 1. The summed E-state index contributed by atoms with van der Waals surface area (Å²) in [6.07, 6.45) is 1.81. The molecule has 0 amide bonds. The molecule has 4 heteroatoms. The van der Waals surface area contributed by atoms with Gasteiger partial charge in [0.25, 0.3) is 0 Å². The largest absolute Gasteiger partial charge is 0.443 e. The maximum Gasteiger partial charge on any atom is 0.181 e. The Morgan fingerprint density at radius 3 is 2.94 bits per heavy atom. The highest BCUT2D eigenvalue weighted by atomic mass is 16.3. The molecule has 0 saturated heterocycles. The predicted molar refractivity (Wildman–Crippen MR) is 65.8 cm³/mol. The molecule has 1 aromatic carbocycles. The Balaban J connectivity index is 2.24. The van der Waals surface area contributed by atoms with Gasteiger partial charge in [0, 0.05) is 12.0 Å². The second-order valence-corrected chi connectivity index (χ2v) is 5.00. The first-order valence-corrected chi connectivity index (χ1v) is 5.58. The van der Waals surface area contributed by atoms with Gasteiger partial charge in [-0.3, -0.25) is 4.79 Å². The van der Waals surface area contributed by atoms with Crippen molar-refractivity contribution in [1.29, 1.82) is 0 Å².